The van der Waals surface area contributed by atoms with Crippen molar-refractivity contribution in [2.75, 3.05) is 50.8 Å². The van der Waals surface area contributed by atoms with Crippen LogP contribution in [0.25, 0.3) is 11.2 Å². The van der Waals surface area contributed by atoms with Gasteiger partial charge in [-0.15, -0.1) is 0 Å². The minimum absolute atomic E-state index is 0.0349. The van der Waals surface area contributed by atoms with Gasteiger partial charge in [0, 0.05) is 13.2 Å². The van der Waals surface area contributed by atoms with Crippen LogP contribution < -0.4 is 11.5 Å². The van der Waals surface area contributed by atoms with Crippen molar-refractivity contribution < 1.29 is 28.2 Å². The van der Waals surface area contributed by atoms with Crippen LogP contribution >= 0.6 is 7.60 Å². The average Bonchev–Trinajstić information content (AvgIpc) is 3.41. The summed E-state index contributed by atoms with van der Waals surface area (Å²) in [7, 11) is -3.52. The molecule has 0 spiro atoms. The predicted molar refractivity (Wildman–Crippen MR) is 181 cm³/mol. The van der Waals surface area contributed by atoms with E-state index in [-0.39, 0.29) is 44.5 Å². The zero-order chi connectivity index (χ0) is 32.6. The van der Waals surface area contributed by atoms with E-state index in [4.69, 9.17) is 30.0 Å². The molecule has 2 aromatic rings. The second kappa shape index (κ2) is 24.4. The lowest BCUT2D eigenvalue weighted by Gasteiger charge is -2.22. The van der Waals surface area contributed by atoms with Crippen molar-refractivity contribution in [3.8, 4) is 0 Å². The van der Waals surface area contributed by atoms with Crippen LogP contribution in [-0.4, -0.2) is 70.1 Å². The van der Waals surface area contributed by atoms with E-state index in [9.17, 15) is 9.67 Å². The van der Waals surface area contributed by atoms with E-state index in [1.807, 2.05) is 0 Å². The number of anilines is 2. The second-order valence-electron chi connectivity index (χ2n) is 11.7. The summed E-state index contributed by atoms with van der Waals surface area (Å²) < 4.78 is 37.6. The maximum absolute atomic E-state index is 13.3. The molecule has 0 aliphatic heterocycles. The fourth-order valence-corrected chi connectivity index (χ4v) is 6.67. The van der Waals surface area contributed by atoms with E-state index in [1.165, 1.54) is 89.9 Å². The number of aliphatic hydroxyl groups excluding tert-OH is 1. The molecule has 0 amide bonds. The van der Waals surface area contributed by atoms with E-state index in [0.29, 0.717) is 30.8 Å². The summed E-state index contributed by atoms with van der Waals surface area (Å²) in [6.07, 6.45) is 22.5. The number of fused-ring (bicyclic) bond motifs is 1. The van der Waals surface area contributed by atoms with Crippen molar-refractivity contribution in [1.82, 2.24) is 19.5 Å². The van der Waals surface area contributed by atoms with Gasteiger partial charge >= 0.3 is 7.60 Å². The predicted octanol–water partition coefficient (Wildman–Crippen LogP) is 7.24. The molecule has 0 bridgehead atoms. The molecule has 0 radical (unpaired) electrons. The number of nitrogens with two attached hydrogens (primary N) is 2. The first kappa shape index (κ1) is 39.4. The summed E-state index contributed by atoms with van der Waals surface area (Å²) in [5, 5.41) is 9.56. The highest BCUT2D eigenvalue weighted by atomic mass is 31.2. The van der Waals surface area contributed by atoms with Gasteiger partial charge < -0.3 is 39.7 Å². The van der Waals surface area contributed by atoms with Gasteiger partial charge in [0.05, 0.1) is 38.8 Å². The molecule has 0 aliphatic rings. The smallest absolute Gasteiger partial charge is 0.356 e. The molecule has 2 unspecified atom stereocenters. The van der Waals surface area contributed by atoms with Crippen LogP contribution in [0.1, 0.15) is 123 Å². The Morgan fingerprint density at radius 1 is 0.822 bits per heavy atom. The number of aromatic nitrogens is 4. The zero-order valence-corrected chi connectivity index (χ0v) is 28.9. The van der Waals surface area contributed by atoms with Crippen molar-refractivity contribution in [3.63, 3.8) is 0 Å². The third-order valence-corrected chi connectivity index (χ3v) is 9.50. The van der Waals surface area contributed by atoms with Crippen molar-refractivity contribution in [2.45, 2.75) is 136 Å². The molecular formula is C32H61N6O6P. The second-order valence-corrected chi connectivity index (χ2v) is 13.7. The van der Waals surface area contributed by atoms with Gasteiger partial charge in [-0.3, -0.25) is 4.57 Å². The van der Waals surface area contributed by atoms with Gasteiger partial charge in [0.2, 0.25) is 5.95 Å². The van der Waals surface area contributed by atoms with Crippen molar-refractivity contribution in [2.24, 2.45) is 0 Å². The Balaban J connectivity index is 1.53. The van der Waals surface area contributed by atoms with Crippen LogP contribution in [0.15, 0.2) is 6.33 Å². The van der Waals surface area contributed by atoms with E-state index in [2.05, 4.69) is 21.9 Å². The standard InChI is InChI=1S/C32H61N6O6P/c1-3-5-6-7-8-9-10-11-12-13-14-15-16-17-18-19-22-41-23-24-44-45(40,43-4-2)27-42-28(20-21-39)25-38-26-35-29-30(33)36-32(34)37-31(29)38/h26,28,39H,3-25,27H2,1-2H3,(H4,33,34,36,37). The summed E-state index contributed by atoms with van der Waals surface area (Å²) in [5.41, 5.74) is 12.5. The quantitative estimate of drug-likeness (QED) is 0.0572. The number of unbranched alkanes of at least 4 members (excludes halogenated alkanes) is 15. The molecular weight excluding hydrogens is 595 g/mol. The topological polar surface area (TPSA) is 170 Å². The molecule has 13 heteroatoms. The maximum Gasteiger partial charge on any atom is 0.356 e. The van der Waals surface area contributed by atoms with Crippen molar-refractivity contribution in [3.05, 3.63) is 6.33 Å². The lowest BCUT2D eigenvalue weighted by atomic mass is 10.0. The van der Waals surface area contributed by atoms with Crippen LogP contribution in [0, 0.1) is 0 Å². The lowest BCUT2D eigenvalue weighted by Crippen LogP contribution is -2.23. The average molecular weight is 657 g/mol. The fourth-order valence-electron chi connectivity index (χ4n) is 5.30. The number of nitrogens with zero attached hydrogens (tertiary/aromatic N) is 4. The summed E-state index contributed by atoms with van der Waals surface area (Å²) in [6, 6.07) is 0. The maximum atomic E-state index is 13.3. The first-order valence-corrected chi connectivity index (χ1v) is 19.1. The number of aliphatic hydroxyl groups is 1. The summed E-state index contributed by atoms with van der Waals surface area (Å²) in [5.74, 6) is 0.217. The first-order chi connectivity index (χ1) is 21.9. The SMILES string of the molecule is CCCCCCCCCCCCCCCCCCOCCOP(=O)(COC(CCO)Cn1cnc2c(N)nc(N)nc21)OCC. The van der Waals surface area contributed by atoms with Crippen LogP contribution in [-0.2, 0) is 29.6 Å². The molecule has 2 rings (SSSR count). The number of nitrogen functional groups attached to an aromatic ring is 2. The Morgan fingerprint density at radius 2 is 1.42 bits per heavy atom. The Kier molecular flexibility index (Phi) is 21.3. The Hall–Kier alpha value is -1.82. The van der Waals surface area contributed by atoms with Gasteiger partial charge in [-0.2, -0.15) is 9.97 Å². The summed E-state index contributed by atoms with van der Waals surface area (Å²) >= 11 is 0. The molecule has 12 nitrogen and oxygen atoms in total. The normalized spacial score (nSPS) is 13.8. The highest BCUT2D eigenvalue weighted by Crippen LogP contribution is 2.48. The molecule has 0 saturated heterocycles. The van der Waals surface area contributed by atoms with E-state index >= 15 is 0 Å². The zero-order valence-electron chi connectivity index (χ0n) is 28.0. The van der Waals surface area contributed by atoms with Gasteiger partial charge in [-0.25, -0.2) is 4.98 Å². The van der Waals surface area contributed by atoms with Crippen LogP contribution in [0.5, 0.6) is 0 Å². The van der Waals surface area contributed by atoms with E-state index < -0.39 is 13.7 Å². The molecule has 5 N–H and O–H groups in total. The number of hydrogen-bond acceptors (Lipinski definition) is 11. The Labute approximate surface area is 270 Å². The lowest BCUT2D eigenvalue weighted by molar-refractivity contribution is 0.0330. The van der Waals surface area contributed by atoms with Crippen LogP contribution in [0.3, 0.4) is 0 Å². The fraction of sp³-hybridized carbons (Fsp3) is 0.844. The van der Waals surface area contributed by atoms with Crippen molar-refractivity contribution in [1.29, 1.82) is 0 Å². The largest absolute Gasteiger partial charge is 0.396 e. The minimum atomic E-state index is -3.52. The van der Waals surface area contributed by atoms with Gasteiger partial charge in [-0.1, -0.05) is 103 Å². The Bertz CT molecular complexity index is 1070. The highest BCUT2D eigenvalue weighted by molar-refractivity contribution is 7.53. The number of rotatable bonds is 30. The number of ether oxygens (including phenoxy) is 2. The molecule has 0 fully saturated rings. The molecule has 260 valence electrons. The van der Waals surface area contributed by atoms with Gasteiger partial charge in [0.1, 0.15) is 11.9 Å². The third kappa shape index (κ3) is 17.1. The molecule has 0 aromatic carbocycles. The number of hydrogen-bond donors (Lipinski definition) is 3. The van der Waals surface area contributed by atoms with Gasteiger partial charge in [-0.05, 0) is 19.8 Å². The molecule has 2 aromatic heterocycles. The Morgan fingerprint density at radius 3 is 2.00 bits per heavy atom. The summed E-state index contributed by atoms with van der Waals surface area (Å²) in [6.45, 7) is 5.53. The van der Waals surface area contributed by atoms with Gasteiger partial charge in [0.15, 0.2) is 11.5 Å². The number of imidazole rings is 1. The monoisotopic (exact) mass is 656 g/mol. The minimum Gasteiger partial charge on any atom is -0.396 e. The third-order valence-electron chi connectivity index (χ3n) is 7.81. The molecule has 2 heterocycles. The first-order valence-electron chi connectivity index (χ1n) is 17.3. The molecule has 2 atom stereocenters. The molecule has 0 aliphatic carbocycles. The molecule has 0 saturated carbocycles. The van der Waals surface area contributed by atoms with Crippen LogP contribution in [0.4, 0.5) is 11.8 Å². The van der Waals surface area contributed by atoms with E-state index in [0.717, 1.165) is 12.8 Å². The highest BCUT2D eigenvalue weighted by Gasteiger charge is 2.27. The molecule has 45 heavy (non-hydrogen) atoms. The van der Waals surface area contributed by atoms with E-state index in [1.54, 1.807) is 17.8 Å². The van der Waals surface area contributed by atoms with Crippen molar-refractivity contribution >= 4 is 30.5 Å². The van der Waals surface area contributed by atoms with Crippen LogP contribution in [0.2, 0.25) is 0 Å². The van der Waals surface area contributed by atoms with Gasteiger partial charge in [0.25, 0.3) is 0 Å². The summed E-state index contributed by atoms with van der Waals surface area (Å²) in [4.78, 5) is 12.4.